The van der Waals surface area contributed by atoms with Crippen molar-refractivity contribution in [2.75, 3.05) is 19.6 Å². The number of thiophene rings is 1. The summed E-state index contributed by atoms with van der Waals surface area (Å²) in [6.07, 6.45) is 4.19. The molecule has 0 saturated carbocycles. The van der Waals surface area contributed by atoms with Crippen molar-refractivity contribution in [3.05, 3.63) is 22.4 Å². The van der Waals surface area contributed by atoms with Crippen LogP contribution in [0.25, 0.3) is 0 Å². The van der Waals surface area contributed by atoms with Crippen LogP contribution in [-0.2, 0) is 4.74 Å². The zero-order valence-electron chi connectivity index (χ0n) is 16.4. The van der Waals surface area contributed by atoms with Crippen molar-refractivity contribution in [1.29, 1.82) is 0 Å². The Balaban J connectivity index is 1.99. The minimum Gasteiger partial charge on any atom is -0.444 e. The van der Waals surface area contributed by atoms with E-state index in [1.54, 1.807) is 0 Å². The van der Waals surface area contributed by atoms with Crippen LogP contribution in [0.3, 0.4) is 0 Å². The lowest BCUT2D eigenvalue weighted by Gasteiger charge is -2.43. The van der Waals surface area contributed by atoms with E-state index >= 15 is 0 Å². The van der Waals surface area contributed by atoms with Crippen LogP contribution in [0.15, 0.2) is 17.5 Å². The first-order chi connectivity index (χ1) is 11.8. The monoisotopic (exact) mass is 366 g/mol. The number of carbonyl (C=O) groups excluding carboxylic acids is 1. The van der Waals surface area contributed by atoms with Crippen molar-refractivity contribution < 1.29 is 9.53 Å². The number of piperidine rings is 1. The summed E-state index contributed by atoms with van der Waals surface area (Å²) < 4.78 is 5.59. The first kappa shape index (κ1) is 20.2. The summed E-state index contributed by atoms with van der Waals surface area (Å²) in [7, 11) is 0. The number of nitrogens with one attached hydrogen (secondary N) is 1. The molecule has 1 saturated heterocycles. The summed E-state index contributed by atoms with van der Waals surface area (Å²) in [6.45, 7) is 12.8. The van der Waals surface area contributed by atoms with Gasteiger partial charge in [0.05, 0.1) is 0 Å². The lowest BCUT2D eigenvalue weighted by atomic mass is 9.77. The summed E-state index contributed by atoms with van der Waals surface area (Å²) in [4.78, 5) is 15.8. The predicted molar refractivity (Wildman–Crippen MR) is 105 cm³/mol. The maximum absolute atomic E-state index is 12.5. The highest BCUT2D eigenvalue weighted by atomic mass is 32.1. The van der Waals surface area contributed by atoms with Crippen LogP contribution in [0, 0.1) is 5.41 Å². The van der Waals surface area contributed by atoms with Crippen molar-refractivity contribution >= 4 is 17.4 Å². The number of carbonyl (C=O) groups is 1. The number of hydrogen-bond donors (Lipinski definition) is 1. The lowest BCUT2D eigenvalue weighted by molar-refractivity contribution is 0.00294. The van der Waals surface area contributed by atoms with Crippen LogP contribution in [0.4, 0.5) is 4.79 Å². The van der Waals surface area contributed by atoms with Gasteiger partial charge in [0.15, 0.2) is 0 Å². The minimum atomic E-state index is -0.436. The summed E-state index contributed by atoms with van der Waals surface area (Å²) in [5.74, 6) is 0. The average molecular weight is 367 g/mol. The second-order valence-corrected chi connectivity index (χ2v) is 9.20. The topological polar surface area (TPSA) is 41.6 Å². The Morgan fingerprint density at radius 1 is 1.44 bits per heavy atom. The molecule has 0 bridgehead atoms. The predicted octanol–water partition coefficient (Wildman–Crippen LogP) is 5.22. The first-order valence-electron chi connectivity index (χ1n) is 9.53. The molecule has 1 fully saturated rings. The van der Waals surface area contributed by atoms with Gasteiger partial charge in [-0.05, 0) is 57.9 Å². The van der Waals surface area contributed by atoms with Gasteiger partial charge in [-0.3, -0.25) is 0 Å². The molecule has 2 rings (SSSR count). The Hall–Kier alpha value is -1.07. The van der Waals surface area contributed by atoms with Gasteiger partial charge in [0.2, 0.25) is 0 Å². The fourth-order valence-electron chi connectivity index (χ4n) is 3.52. The number of nitrogens with zero attached hydrogens (tertiary/aromatic N) is 1. The molecule has 1 N–H and O–H groups in total. The number of ether oxygens (including phenoxy) is 1. The van der Waals surface area contributed by atoms with Crippen molar-refractivity contribution in [1.82, 2.24) is 10.2 Å². The summed E-state index contributed by atoms with van der Waals surface area (Å²) in [5.41, 5.74) is -0.298. The van der Waals surface area contributed by atoms with Gasteiger partial charge in [-0.15, -0.1) is 11.3 Å². The van der Waals surface area contributed by atoms with E-state index in [1.807, 2.05) is 37.0 Å². The highest BCUT2D eigenvalue weighted by molar-refractivity contribution is 7.10. The molecule has 0 aliphatic carbocycles. The molecule has 0 aromatic carbocycles. The molecule has 1 amide bonds. The van der Waals surface area contributed by atoms with Crippen molar-refractivity contribution in [2.45, 2.75) is 71.9 Å². The minimum absolute atomic E-state index is 0.139. The molecule has 2 heterocycles. The number of hydrogen-bond acceptors (Lipinski definition) is 4. The molecule has 2 unspecified atom stereocenters. The third kappa shape index (κ3) is 5.71. The highest BCUT2D eigenvalue weighted by Gasteiger charge is 2.37. The fraction of sp³-hybridized carbons (Fsp3) is 0.750. The molecular formula is C20H34N2O2S. The van der Waals surface area contributed by atoms with Crippen LogP contribution < -0.4 is 5.32 Å². The van der Waals surface area contributed by atoms with Crippen molar-refractivity contribution in [3.63, 3.8) is 0 Å². The summed E-state index contributed by atoms with van der Waals surface area (Å²) in [6, 6.07) is 4.73. The zero-order chi connectivity index (χ0) is 18.5. The Bertz CT molecular complexity index is 538. The molecule has 5 heteroatoms. The highest BCUT2D eigenvalue weighted by Crippen LogP contribution is 2.34. The quantitative estimate of drug-likeness (QED) is 0.751. The van der Waals surface area contributed by atoms with Gasteiger partial charge in [-0.1, -0.05) is 19.9 Å². The standard InChI is InChI=1S/C20H34N2O2S/c1-6-16(17-10-8-13-25-17)21-14-20(7-2)11-9-12-22(15-20)18(23)24-19(3,4)5/h8,10,13,16,21H,6-7,9,11-12,14-15H2,1-5H3. The van der Waals surface area contributed by atoms with Crippen LogP contribution in [0.2, 0.25) is 0 Å². The molecule has 1 aliphatic heterocycles. The Morgan fingerprint density at radius 2 is 2.20 bits per heavy atom. The SMILES string of the molecule is CCC(NCC1(CC)CCCN(C(=O)OC(C)(C)C)C1)c1cccs1. The average Bonchev–Trinajstić information content (AvgIpc) is 3.08. The maximum Gasteiger partial charge on any atom is 0.410 e. The molecule has 0 spiro atoms. The van der Waals surface area contributed by atoms with E-state index in [-0.39, 0.29) is 11.5 Å². The lowest BCUT2D eigenvalue weighted by Crippen LogP contribution is -2.51. The smallest absolute Gasteiger partial charge is 0.410 e. The second-order valence-electron chi connectivity index (χ2n) is 8.22. The van der Waals surface area contributed by atoms with E-state index in [9.17, 15) is 4.79 Å². The largest absolute Gasteiger partial charge is 0.444 e. The van der Waals surface area contributed by atoms with Crippen LogP contribution in [0.1, 0.15) is 71.2 Å². The van der Waals surface area contributed by atoms with E-state index in [1.165, 1.54) is 4.88 Å². The molecule has 4 nitrogen and oxygen atoms in total. The number of likely N-dealkylation sites (tertiary alicyclic amines) is 1. The maximum atomic E-state index is 12.5. The molecule has 2 atom stereocenters. The van der Waals surface area contributed by atoms with Gasteiger partial charge in [0.25, 0.3) is 0 Å². The van der Waals surface area contributed by atoms with Crippen molar-refractivity contribution in [2.24, 2.45) is 5.41 Å². The summed E-state index contributed by atoms with van der Waals surface area (Å²) in [5, 5.41) is 5.91. The molecule has 142 valence electrons. The van der Waals surface area contributed by atoms with E-state index in [0.29, 0.717) is 6.04 Å². The number of amides is 1. The van der Waals surface area contributed by atoms with Gasteiger partial charge in [0, 0.05) is 36.0 Å². The molecule has 1 aliphatic rings. The number of rotatable bonds is 6. The zero-order valence-corrected chi connectivity index (χ0v) is 17.2. The van der Waals surface area contributed by atoms with E-state index in [4.69, 9.17) is 4.74 Å². The third-order valence-electron chi connectivity index (χ3n) is 5.08. The second kappa shape index (κ2) is 8.54. The van der Waals surface area contributed by atoms with Crippen molar-refractivity contribution in [3.8, 4) is 0 Å². The Morgan fingerprint density at radius 3 is 2.76 bits per heavy atom. The van der Waals surface area contributed by atoms with E-state index < -0.39 is 5.60 Å². The molecular weight excluding hydrogens is 332 g/mol. The Labute approximate surface area is 156 Å². The van der Waals surface area contributed by atoms with Crippen LogP contribution in [0.5, 0.6) is 0 Å². The fourth-order valence-corrected chi connectivity index (χ4v) is 4.41. The molecule has 1 aromatic rings. The van der Waals surface area contributed by atoms with E-state index in [0.717, 1.165) is 45.3 Å². The van der Waals surface area contributed by atoms with Gasteiger partial charge >= 0.3 is 6.09 Å². The van der Waals surface area contributed by atoms with Gasteiger partial charge in [0.1, 0.15) is 5.60 Å². The molecule has 0 radical (unpaired) electrons. The Kier molecular flexibility index (Phi) is 6.92. The van der Waals surface area contributed by atoms with E-state index in [2.05, 4.69) is 36.7 Å². The normalized spacial score (nSPS) is 22.7. The van der Waals surface area contributed by atoms with Gasteiger partial charge in [-0.2, -0.15) is 0 Å². The van der Waals surface area contributed by atoms with Crippen LogP contribution >= 0.6 is 11.3 Å². The third-order valence-corrected chi connectivity index (χ3v) is 6.07. The van der Waals surface area contributed by atoms with Crippen LogP contribution in [-0.4, -0.2) is 36.2 Å². The summed E-state index contributed by atoms with van der Waals surface area (Å²) >= 11 is 1.81. The van der Waals surface area contributed by atoms with Gasteiger partial charge < -0.3 is 15.0 Å². The molecule has 25 heavy (non-hydrogen) atoms. The van der Waals surface area contributed by atoms with Gasteiger partial charge in [-0.25, -0.2) is 4.79 Å². The molecule has 1 aromatic heterocycles. The first-order valence-corrected chi connectivity index (χ1v) is 10.4.